The summed E-state index contributed by atoms with van der Waals surface area (Å²) in [5.41, 5.74) is 2.74. The van der Waals surface area contributed by atoms with Crippen LogP contribution in [-0.4, -0.2) is 29.7 Å². The summed E-state index contributed by atoms with van der Waals surface area (Å²) < 4.78 is 10.4. The molecule has 1 aromatic rings. The fourth-order valence-electron chi connectivity index (χ4n) is 1.56. The maximum Gasteiger partial charge on any atom is 0.134 e. The fraction of sp³-hybridized carbons (Fsp3) is 0.500. The van der Waals surface area contributed by atoms with Crippen molar-refractivity contribution in [1.29, 1.82) is 0 Å². The van der Waals surface area contributed by atoms with Crippen LogP contribution in [0.25, 0.3) is 0 Å². The molecule has 84 valence electrons. The summed E-state index contributed by atoms with van der Waals surface area (Å²) in [6, 6.07) is 9.98. The predicted octanol–water partition coefficient (Wildman–Crippen LogP) is 1.70. The number of hydrogen-bond donors (Lipinski definition) is 0. The van der Waals surface area contributed by atoms with Crippen molar-refractivity contribution in [2.75, 3.05) is 14.2 Å². The highest BCUT2D eigenvalue weighted by Gasteiger charge is 2.04. The molecule has 0 unspecified atom stereocenters. The lowest BCUT2D eigenvalue weighted by molar-refractivity contribution is -0.0440. The fourth-order valence-corrected chi connectivity index (χ4v) is 2.98. The van der Waals surface area contributed by atoms with Gasteiger partial charge in [-0.2, -0.15) is 0 Å². The number of hydrogen-bond acceptors (Lipinski definition) is 2. The van der Waals surface area contributed by atoms with E-state index in [9.17, 15) is 0 Å². The first-order chi connectivity index (χ1) is 7.26. The first-order valence-electron chi connectivity index (χ1n) is 5.37. The number of benzene rings is 1. The topological polar surface area (TPSA) is 18.5 Å². The molecule has 1 rings (SSSR count). The van der Waals surface area contributed by atoms with Gasteiger partial charge in [-0.15, -0.1) is 0 Å². The van der Waals surface area contributed by atoms with Crippen LogP contribution in [-0.2, 0) is 15.9 Å². The van der Waals surface area contributed by atoms with Gasteiger partial charge in [0, 0.05) is 14.2 Å². The van der Waals surface area contributed by atoms with Gasteiger partial charge in [0.25, 0.3) is 0 Å². The van der Waals surface area contributed by atoms with Gasteiger partial charge >= 0.3 is 0 Å². The zero-order valence-electron chi connectivity index (χ0n) is 9.82. The van der Waals surface area contributed by atoms with Crippen LogP contribution < -0.4 is 0 Å². The van der Waals surface area contributed by atoms with Crippen molar-refractivity contribution in [3.05, 3.63) is 35.4 Å². The molecule has 0 N–H and O–H groups in total. The molecular weight excluding hydrogens is 204 g/mol. The second-order valence-electron chi connectivity index (χ2n) is 3.78. The van der Waals surface area contributed by atoms with Gasteiger partial charge in [0.2, 0.25) is 0 Å². The third-order valence-electron chi connectivity index (χ3n) is 2.55. The van der Waals surface area contributed by atoms with Crippen LogP contribution in [0.5, 0.6) is 0 Å². The Morgan fingerprint density at radius 3 is 2.27 bits per heavy atom. The van der Waals surface area contributed by atoms with E-state index in [2.05, 4.69) is 31.2 Å². The lowest BCUT2D eigenvalue weighted by Crippen LogP contribution is -2.21. The molecule has 2 nitrogen and oxygen atoms in total. The summed E-state index contributed by atoms with van der Waals surface area (Å²) in [5, 5.41) is 0. The van der Waals surface area contributed by atoms with E-state index in [1.165, 1.54) is 17.2 Å². The Bertz CT molecular complexity index is 267. The first kappa shape index (κ1) is 12.4. The Morgan fingerprint density at radius 2 is 1.73 bits per heavy atom. The summed E-state index contributed by atoms with van der Waals surface area (Å²) in [6.45, 7) is 2.12. The van der Waals surface area contributed by atoms with Crippen LogP contribution in [0.4, 0.5) is 0 Å². The predicted molar refractivity (Wildman–Crippen MR) is 66.0 cm³/mol. The van der Waals surface area contributed by atoms with E-state index >= 15 is 0 Å². The van der Waals surface area contributed by atoms with Crippen LogP contribution in [0.2, 0.25) is 6.04 Å². The van der Waals surface area contributed by atoms with Gasteiger partial charge in [0.1, 0.15) is 5.91 Å². The summed E-state index contributed by atoms with van der Waals surface area (Å²) in [4.78, 5) is 0. The third kappa shape index (κ3) is 4.60. The minimum atomic E-state index is -0.273. The van der Waals surface area contributed by atoms with Crippen LogP contribution >= 0.6 is 0 Å². The molecule has 0 aliphatic rings. The van der Waals surface area contributed by atoms with E-state index in [4.69, 9.17) is 9.47 Å². The van der Waals surface area contributed by atoms with Crippen molar-refractivity contribution in [2.45, 2.75) is 25.3 Å². The van der Waals surface area contributed by atoms with E-state index in [1.54, 1.807) is 14.2 Å². The van der Waals surface area contributed by atoms with Gasteiger partial charge in [-0.3, -0.25) is 0 Å². The van der Waals surface area contributed by atoms with Gasteiger partial charge in [-0.05, 0) is 18.9 Å². The molecule has 15 heavy (non-hydrogen) atoms. The van der Waals surface area contributed by atoms with Crippen molar-refractivity contribution in [2.24, 2.45) is 0 Å². The average molecular weight is 224 g/mol. The molecule has 3 heteroatoms. The lowest BCUT2D eigenvalue weighted by Gasteiger charge is -2.12. The Balaban J connectivity index is 2.28. The Kier molecular flexibility index (Phi) is 5.61. The van der Waals surface area contributed by atoms with Crippen molar-refractivity contribution < 1.29 is 9.47 Å². The van der Waals surface area contributed by atoms with Gasteiger partial charge in [0.15, 0.2) is 0 Å². The molecule has 0 fully saturated rings. The van der Waals surface area contributed by atoms with E-state index in [-0.39, 0.29) is 15.4 Å². The SMILES string of the molecule is COC(OC)[SiH2]CCc1ccc(C)cc1. The molecule has 0 amide bonds. The second-order valence-corrected chi connectivity index (χ2v) is 5.73. The van der Waals surface area contributed by atoms with Crippen molar-refractivity contribution in [3.8, 4) is 0 Å². The molecule has 0 atom stereocenters. The Hall–Kier alpha value is -0.643. The quantitative estimate of drug-likeness (QED) is 0.541. The molecule has 1 aromatic carbocycles. The smallest absolute Gasteiger partial charge is 0.134 e. The van der Waals surface area contributed by atoms with Crippen molar-refractivity contribution in [1.82, 2.24) is 0 Å². The molecular formula is C12H20O2Si. The molecule has 0 bridgehead atoms. The molecule has 0 radical (unpaired) electrons. The molecule has 0 spiro atoms. The second kappa shape index (κ2) is 6.77. The monoisotopic (exact) mass is 224 g/mol. The number of aryl methyl sites for hydroxylation is 2. The van der Waals surface area contributed by atoms with E-state index in [0.29, 0.717) is 0 Å². The highest BCUT2D eigenvalue weighted by Crippen LogP contribution is 2.06. The normalized spacial score (nSPS) is 11.7. The molecule has 0 aliphatic heterocycles. The van der Waals surface area contributed by atoms with Gasteiger partial charge in [-0.1, -0.05) is 35.9 Å². The third-order valence-corrected chi connectivity index (χ3v) is 4.45. The summed E-state index contributed by atoms with van der Waals surface area (Å²) in [5.74, 6) is 0.0791. The maximum atomic E-state index is 5.20. The van der Waals surface area contributed by atoms with Crippen LogP contribution in [0.1, 0.15) is 11.1 Å². The van der Waals surface area contributed by atoms with Crippen LogP contribution in [0, 0.1) is 6.92 Å². The summed E-state index contributed by atoms with van der Waals surface area (Å²) >= 11 is 0. The molecule has 0 aromatic heterocycles. The highest BCUT2D eigenvalue weighted by molar-refractivity contribution is 6.36. The number of ether oxygens (including phenoxy) is 2. The van der Waals surface area contributed by atoms with Crippen LogP contribution in [0.3, 0.4) is 0 Å². The Labute approximate surface area is 94.4 Å². The number of methoxy groups -OCH3 is 2. The zero-order valence-corrected chi connectivity index (χ0v) is 11.2. The molecule has 0 heterocycles. The highest BCUT2D eigenvalue weighted by atomic mass is 28.2. The first-order valence-corrected chi connectivity index (χ1v) is 7.19. The average Bonchev–Trinajstić information content (AvgIpc) is 2.27. The van der Waals surface area contributed by atoms with E-state index in [1.807, 2.05) is 0 Å². The lowest BCUT2D eigenvalue weighted by atomic mass is 10.1. The van der Waals surface area contributed by atoms with E-state index in [0.717, 1.165) is 6.42 Å². The standard InChI is InChI=1S/C12H20O2Si/c1-10-4-6-11(7-5-10)8-9-15-12(13-2)14-3/h4-7,12H,8-9,15H2,1-3H3. The van der Waals surface area contributed by atoms with Crippen LogP contribution in [0.15, 0.2) is 24.3 Å². The molecule has 0 saturated heterocycles. The van der Waals surface area contributed by atoms with E-state index < -0.39 is 0 Å². The molecule has 0 saturated carbocycles. The number of rotatable bonds is 6. The minimum Gasteiger partial charge on any atom is -0.360 e. The summed E-state index contributed by atoms with van der Waals surface area (Å²) in [6.07, 6.45) is 1.15. The Morgan fingerprint density at radius 1 is 1.13 bits per heavy atom. The van der Waals surface area contributed by atoms with Gasteiger partial charge < -0.3 is 9.47 Å². The zero-order chi connectivity index (χ0) is 11.1. The van der Waals surface area contributed by atoms with Gasteiger partial charge in [-0.25, -0.2) is 0 Å². The summed E-state index contributed by atoms with van der Waals surface area (Å²) in [7, 11) is 3.16. The minimum absolute atomic E-state index is 0.0791. The molecule has 0 aliphatic carbocycles. The van der Waals surface area contributed by atoms with Gasteiger partial charge in [0.05, 0.1) is 9.52 Å². The maximum absolute atomic E-state index is 5.20. The largest absolute Gasteiger partial charge is 0.360 e. The van der Waals surface area contributed by atoms with Crippen molar-refractivity contribution >= 4 is 9.52 Å². The van der Waals surface area contributed by atoms with Crippen molar-refractivity contribution in [3.63, 3.8) is 0 Å².